The van der Waals surface area contributed by atoms with Crippen LogP contribution in [0.2, 0.25) is 0 Å². The number of aromatic nitrogens is 2. The number of hydrogen-bond donors (Lipinski definition) is 0. The molecule has 1 aromatic heterocycles. The van der Waals surface area contributed by atoms with Crippen LogP contribution in [-0.2, 0) is 27.4 Å². The van der Waals surface area contributed by atoms with Gasteiger partial charge in [-0.3, -0.25) is 4.79 Å². The molecule has 7 heteroatoms. The molecule has 0 atom stereocenters. The zero-order valence-corrected chi connectivity index (χ0v) is 16.4. The number of halogens is 1. The molecule has 2 rings (SSSR count). The highest BCUT2D eigenvalue weighted by molar-refractivity contribution is 7.99. The first-order valence-electron chi connectivity index (χ1n) is 8.66. The Hall–Kier alpha value is -1.86. The molecular weight excluding hydrogens is 355 g/mol. The van der Waals surface area contributed by atoms with E-state index in [0.29, 0.717) is 13.2 Å². The van der Waals surface area contributed by atoms with Gasteiger partial charge in [0, 0.05) is 18.4 Å². The van der Waals surface area contributed by atoms with Crippen LogP contribution in [0.1, 0.15) is 45.1 Å². The zero-order valence-electron chi connectivity index (χ0n) is 15.6. The molecule has 0 spiro atoms. The Bertz CT molecular complexity index is 746. The van der Waals surface area contributed by atoms with Crippen molar-refractivity contribution in [1.82, 2.24) is 9.55 Å². The summed E-state index contributed by atoms with van der Waals surface area (Å²) in [5.41, 5.74) is 0.972. The van der Waals surface area contributed by atoms with Crippen LogP contribution in [0.25, 0.3) is 0 Å². The summed E-state index contributed by atoms with van der Waals surface area (Å²) in [6.07, 6.45) is 0. The first kappa shape index (κ1) is 20.5. The fourth-order valence-corrected chi connectivity index (χ4v) is 3.74. The largest absolute Gasteiger partial charge is 0.463 e. The second kappa shape index (κ2) is 9.73. The third-order valence-electron chi connectivity index (χ3n) is 3.66. The number of hydrogen-bond acceptors (Lipinski definition) is 5. The number of nitrogens with zero attached hydrogens (tertiary/aromatic N) is 2. The van der Waals surface area contributed by atoms with E-state index in [1.165, 1.54) is 30.8 Å². The van der Waals surface area contributed by atoms with Crippen LogP contribution >= 0.6 is 11.8 Å². The lowest BCUT2D eigenvalue weighted by Gasteiger charge is -2.11. The van der Waals surface area contributed by atoms with Gasteiger partial charge in [-0.15, -0.1) is 0 Å². The molecule has 26 heavy (non-hydrogen) atoms. The van der Waals surface area contributed by atoms with Crippen molar-refractivity contribution in [3.8, 4) is 0 Å². The second-order valence-corrected chi connectivity index (χ2v) is 7.13. The summed E-state index contributed by atoms with van der Waals surface area (Å²) < 4.78 is 26.1. The molecule has 0 saturated carbocycles. The van der Waals surface area contributed by atoms with Crippen LogP contribution in [0.3, 0.4) is 0 Å². The number of carbonyl (C=O) groups excluding carboxylic acids is 1. The van der Waals surface area contributed by atoms with E-state index in [1.807, 2.05) is 13.0 Å². The lowest BCUT2D eigenvalue weighted by Crippen LogP contribution is -2.10. The minimum atomic E-state index is -0.320. The summed E-state index contributed by atoms with van der Waals surface area (Å²) in [6, 6.07) is 6.56. The minimum absolute atomic E-state index is 0.226. The smallest absolute Gasteiger partial charge is 0.302 e. The van der Waals surface area contributed by atoms with Gasteiger partial charge in [-0.2, -0.15) is 0 Å². The Morgan fingerprint density at radius 1 is 1.35 bits per heavy atom. The summed E-state index contributed by atoms with van der Waals surface area (Å²) in [5.74, 6) is 0.480. The molecule has 0 N–H and O–H groups in total. The van der Waals surface area contributed by atoms with E-state index in [4.69, 9.17) is 14.5 Å². The number of rotatable bonds is 9. The van der Waals surface area contributed by atoms with Crippen molar-refractivity contribution in [3.63, 3.8) is 0 Å². The van der Waals surface area contributed by atoms with Crippen LogP contribution in [0.15, 0.2) is 34.2 Å². The van der Waals surface area contributed by atoms with E-state index < -0.39 is 0 Å². The molecule has 0 radical (unpaired) electrons. The highest BCUT2D eigenvalue weighted by Crippen LogP contribution is 2.35. The van der Waals surface area contributed by atoms with Crippen molar-refractivity contribution in [2.75, 3.05) is 13.2 Å². The second-order valence-electron chi connectivity index (χ2n) is 6.07. The van der Waals surface area contributed by atoms with Crippen molar-refractivity contribution in [2.24, 2.45) is 0 Å². The fraction of sp³-hybridized carbons (Fsp3) is 0.474. The average Bonchev–Trinajstić information content (AvgIpc) is 2.92. The Kier molecular flexibility index (Phi) is 7.66. The van der Waals surface area contributed by atoms with Gasteiger partial charge in [0.2, 0.25) is 0 Å². The molecule has 142 valence electrons. The highest BCUT2D eigenvalue weighted by atomic mass is 32.2. The van der Waals surface area contributed by atoms with Crippen LogP contribution < -0.4 is 0 Å². The van der Waals surface area contributed by atoms with E-state index in [-0.39, 0.29) is 24.3 Å². The van der Waals surface area contributed by atoms with Crippen molar-refractivity contribution < 1.29 is 18.7 Å². The Morgan fingerprint density at radius 2 is 2.12 bits per heavy atom. The summed E-state index contributed by atoms with van der Waals surface area (Å²) in [4.78, 5) is 16.4. The van der Waals surface area contributed by atoms with Crippen molar-refractivity contribution >= 4 is 17.7 Å². The number of ether oxygens (including phenoxy) is 2. The van der Waals surface area contributed by atoms with E-state index in [2.05, 4.69) is 18.4 Å². The number of imidazole rings is 1. The molecule has 0 unspecified atom stereocenters. The van der Waals surface area contributed by atoms with E-state index >= 15 is 0 Å². The Labute approximate surface area is 157 Å². The highest BCUT2D eigenvalue weighted by Gasteiger charge is 2.20. The lowest BCUT2D eigenvalue weighted by molar-refractivity contribution is -0.142. The quantitative estimate of drug-likeness (QED) is 0.477. The van der Waals surface area contributed by atoms with Crippen LogP contribution in [0.5, 0.6) is 0 Å². The molecule has 0 bridgehead atoms. The predicted molar refractivity (Wildman–Crippen MR) is 98.8 cm³/mol. The monoisotopic (exact) mass is 380 g/mol. The van der Waals surface area contributed by atoms with Crippen molar-refractivity contribution in [1.29, 1.82) is 0 Å². The van der Waals surface area contributed by atoms with Crippen molar-refractivity contribution in [3.05, 3.63) is 41.6 Å². The molecule has 0 saturated heterocycles. The maximum atomic E-state index is 13.5. The molecule has 2 aromatic rings. The lowest BCUT2D eigenvalue weighted by atomic mass is 10.1. The molecule has 1 heterocycles. The number of carbonyl (C=O) groups is 1. The molecule has 0 fully saturated rings. The van der Waals surface area contributed by atoms with Gasteiger partial charge in [-0.05, 0) is 31.0 Å². The summed E-state index contributed by atoms with van der Waals surface area (Å²) in [5, 5.41) is 1.01. The average molecular weight is 380 g/mol. The molecule has 0 aliphatic carbocycles. The zero-order chi connectivity index (χ0) is 19.1. The van der Waals surface area contributed by atoms with Gasteiger partial charge in [-0.1, -0.05) is 31.7 Å². The van der Waals surface area contributed by atoms with Crippen LogP contribution in [0, 0.1) is 5.82 Å². The maximum Gasteiger partial charge on any atom is 0.302 e. The van der Waals surface area contributed by atoms with Gasteiger partial charge < -0.3 is 14.0 Å². The summed E-state index contributed by atoms with van der Waals surface area (Å²) in [7, 11) is 0. The van der Waals surface area contributed by atoms with Crippen LogP contribution in [0.4, 0.5) is 4.39 Å². The predicted octanol–water partition coefficient (Wildman–Crippen LogP) is 4.40. The standard InChI is InChI=1S/C19H25FN2O3S/c1-5-22-17(12-24-9-10-25-14(4)23)21-18(13(2)3)19(22)26-16-8-6-7-15(20)11-16/h6-8,11,13H,5,9-10,12H2,1-4H3. The SMILES string of the molecule is CCn1c(COCCOC(C)=O)nc(C(C)C)c1Sc1cccc(F)c1. The topological polar surface area (TPSA) is 53.4 Å². The summed E-state index contributed by atoms with van der Waals surface area (Å²) >= 11 is 1.51. The minimum Gasteiger partial charge on any atom is -0.463 e. The third-order valence-corrected chi connectivity index (χ3v) is 4.78. The molecular formula is C19H25FN2O3S. The maximum absolute atomic E-state index is 13.5. The molecule has 0 aliphatic heterocycles. The number of esters is 1. The molecule has 0 aliphatic rings. The first-order chi connectivity index (χ1) is 12.4. The first-order valence-corrected chi connectivity index (χ1v) is 9.47. The fourth-order valence-electron chi connectivity index (χ4n) is 2.47. The molecule has 5 nitrogen and oxygen atoms in total. The van der Waals surface area contributed by atoms with Crippen molar-refractivity contribution in [2.45, 2.75) is 56.7 Å². The number of benzene rings is 1. The van der Waals surface area contributed by atoms with Gasteiger partial charge in [0.1, 0.15) is 29.9 Å². The molecule has 1 aromatic carbocycles. The normalized spacial score (nSPS) is 11.2. The van der Waals surface area contributed by atoms with Gasteiger partial charge >= 0.3 is 5.97 Å². The molecule has 0 amide bonds. The van der Waals surface area contributed by atoms with E-state index in [1.54, 1.807) is 6.07 Å². The summed E-state index contributed by atoms with van der Waals surface area (Å²) in [6.45, 7) is 9.20. The third kappa shape index (κ3) is 5.57. The Morgan fingerprint density at radius 3 is 2.73 bits per heavy atom. The van der Waals surface area contributed by atoms with Gasteiger partial charge in [-0.25, -0.2) is 9.37 Å². The van der Waals surface area contributed by atoms with Crippen LogP contribution in [-0.4, -0.2) is 28.7 Å². The Balaban J connectivity index is 2.17. The van der Waals surface area contributed by atoms with E-state index in [9.17, 15) is 9.18 Å². The van der Waals surface area contributed by atoms with Gasteiger partial charge in [0.25, 0.3) is 0 Å². The van der Waals surface area contributed by atoms with E-state index in [0.717, 1.165) is 28.0 Å². The van der Waals surface area contributed by atoms with Gasteiger partial charge in [0.15, 0.2) is 0 Å². The van der Waals surface area contributed by atoms with Gasteiger partial charge in [0.05, 0.1) is 12.3 Å².